The molecule has 29 heavy (non-hydrogen) atoms. The van der Waals surface area contributed by atoms with E-state index in [-0.39, 0.29) is 11.9 Å². The molecule has 1 atom stereocenters. The standard InChI is InChI=1S/C26H19NO2/c28-25-18-17-23(20-11-5-2-6-12-20)27(25)26-22(16-15-19-9-3-1-4-10-19)21-13-7-8-14-24(21)29-26/h1-14,23H,17-18H2. The van der Waals surface area contributed by atoms with Gasteiger partial charge < -0.3 is 4.42 Å². The fourth-order valence-electron chi connectivity index (χ4n) is 3.91. The lowest BCUT2D eigenvalue weighted by Crippen LogP contribution is -2.27. The van der Waals surface area contributed by atoms with Crippen LogP contribution >= 0.6 is 0 Å². The van der Waals surface area contributed by atoms with Gasteiger partial charge in [0.15, 0.2) is 0 Å². The first kappa shape index (κ1) is 17.3. The summed E-state index contributed by atoms with van der Waals surface area (Å²) in [6.07, 6.45) is 1.27. The van der Waals surface area contributed by atoms with Gasteiger partial charge in [-0.1, -0.05) is 72.5 Å². The Kier molecular flexibility index (Phi) is 4.38. The maximum atomic E-state index is 12.9. The van der Waals surface area contributed by atoms with Crippen molar-refractivity contribution in [1.82, 2.24) is 0 Å². The zero-order chi connectivity index (χ0) is 19.6. The van der Waals surface area contributed by atoms with Crippen molar-refractivity contribution in [3.63, 3.8) is 0 Å². The van der Waals surface area contributed by atoms with Crippen molar-refractivity contribution in [3.05, 3.63) is 102 Å². The first-order chi connectivity index (χ1) is 14.3. The second-order valence-electron chi connectivity index (χ2n) is 7.12. The number of nitrogens with zero attached hydrogens (tertiary/aromatic N) is 1. The van der Waals surface area contributed by atoms with Crippen LogP contribution in [0.2, 0.25) is 0 Å². The van der Waals surface area contributed by atoms with Gasteiger partial charge in [-0.05, 0) is 36.2 Å². The van der Waals surface area contributed by atoms with Crippen molar-refractivity contribution < 1.29 is 9.21 Å². The summed E-state index contributed by atoms with van der Waals surface area (Å²) >= 11 is 0. The van der Waals surface area contributed by atoms with Gasteiger partial charge in [0.05, 0.1) is 11.6 Å². The molecule has 0 bridgehead atoms. The number of fused-ring (bicyclic) bond motifs is 1. The van der Waals surface area contributed by atoms with Gasteiger partial charge in [0.2, 0.25) is 11.8 Å². The smallest absolute Gasteiger partial charge is 0.230 e. The Bertz CT molecular complexity index is 1230. The van der Waals surface area contributed by atoms with Gasteiger partial charge in [-0.2, -0.15) is 0 Å². The number of carbonyl (C=O) groups excluding carboxylic acids is 1. The Balaban J connectivity index is 1.66. The first-order valence-electron chi connectivity index (χ1n) is 9.77. The molecule has 1 unspecified atom stereocenters. The van der Waals surface area contributed by atoms with E-state index in [1.807, 2.05) is 72.8 Å². The van der Waals surface area contributed by atoms with Crippen molar-refractivity contribution >= 4 is 22.8 Å². The van der Waals surface area contributed by atoms with Crippen molar-refractivity contribution in [2.45, 2.75) is 18.9 Å². The van der Waals surface area contributed by atoms with E-state index >= 15 is 0 Å². The normalized spacial score (nSPS) is 16.1. The van der Waals surface area contributed by atoms with Gasteiger partial charge in [0.1, 0.15) is 5.58 Å². The Hall–Kier alpha value is -3.77. The van der Waals surface area contributed by atoms with Crippen LogP contribution < -0.4 is 4.90 Å². The van der Waals surface area contributed by atoms with Gasteiger partial charge in [-0.3, -0.25) is 9.69 Å². The quantitative estimate of drug-likeness (QED) is 0.420. The van der Waals surface area contributed by atoms with Crippen molar-refractivity contribution in [2.24, 2.45) is 0 Å². The highest BCUT2D eigenvalue weighted by molar-refractivity contribution is 6.00. The number of benzene rings is 3. The summed E-state index contributed by atoms with van der Waals surface area (Å²) in [6, 6.07) is 27.8. The highest BCUT2D eigenvalue weighted by Gasteiger charge is 2.37. The molecule has 0 saturated carbocycles. The van der Waals surface area contributed by atoms with Crippen LogP contribution in [0.25, 0.3) is 11.0 Å². The van der Waals surface area contributed by atoms with E-state index in [4.69, 9.17) is 4.42 Å². The van der Waals surface area contributed by atoms with Crippen LogP contribution in [-0.2, 0) is 4.79 Å². The summed E-state index contributed by atoms with van der Waals surface area (Å²) in [6.45, 7) is 0. The van der Waals surface area contributed by atoms with Crippen LogP contribution in [0.3, 0.4) is 0 Å². The molecule has 0 N–H and O–H groups in total. The fourth-order valence-corrected chi connectivity index (χ4v) is 3.91. The van der Waals surface area contributed by atoms with Crippen LogP contribution in [0.4, 0.5) is 5.88 Å². The molecule has 0 radical (unpaired) electrons. The number of anilines is 1. The average molecular weight is 377 g/mol. The molecule has 4 aromatic rings. The third-order valence-electron chi connectivity index (χ3n) is 5.30. The first-order valence-corrected chi connectivity index (χ1v) is 9.77. The van der Waals surface area contributed by atoms with Gasteiger partial charge >= 0.3 is 0 Å². The predicted octanol–water partition coefficient (Wildman–Crippen LogP) is 5.70. The van der Waals surface area contributed by atoms with Crippen LogP contribution in [0.5, 0.6) is 0 Å². The summed E-state index contributed by atoms with van der Waals surface area (Å²) in [4.78, 5) is 14.7. The van der Waals surface area contributed by atoms with E-state index in [1.54, 1.807) is 4.90 Å². The molecule has 1 fully saturated rings. The number of carbonyl (C=O) groups is 1. The summed E-state index contributed by atoms with van der Waals surface area (Å²) in [5.74, 6) is 7.13. The Morgan fingerprint density at radius 1 is 0.828 bits per heavy atom. The maximum absolute atomic E-state index is 12.9. The summed E-state index contributed by atoms with van der Waals surface area (Å²) in [5.41, 5.74) is 3.55. The predicted molar refractivity (Wildman–Crippen MR) is 115 cm³/mol. The molecule has 5 rings (SSSR count). The van der Waals surface area contributed by atoms with E-state index in [2.05, 4.69) is 24.0 Å². The number of amides is 1. The minimum atomic E-state index is -0.0402. The third-order valence-corrected chi connectivity index (χ3v) is 5.30. The third kappa shape index (κ3) is 3.19. The van der Waals surface area contributed by atoms with E-state index in [1.165, 1.54) is 0 Å². The fraction of sp³-hybridized carbons (Fsp3) is 0.115. The molecule has 2 heterocycles. The summed E-state index contributed by atoms with van der Waals surface area (Å²) in [7, 11) is 0. The largest absolute Gasteiger partial charge is 0.439 e. The Morgan fingerprint density at radius 2 is 1.52 bits per heavy atom. The molecule has 1 aliphatic heterocycles. The molecule has 1 amide bonds. The van der Waals surface area contributed by atoms with Gasteiger partial charge in [-0.25, -0.2) is 0 Å². The molecule has 1 aromatic heterocycles. The minimum Gasteiger partial charge on any atom is -0.439 e. The van der Waals surface area contributed by atoms with Crippen molar-refractivity contribution in [1.29, 1.82) is 0 Å². The second kappa shape index (κ2) is 7.33. The van der Waals surface area contributed by atoms with E-state index in [0.717, 1.165) is 34.1 Å². The minimum absolute atomic E-state index is 0.0402. The van der Waals surface area contributed by atoms with Gasteiger partial charge in [0.25, 0.3) is 0 Å². The second-order valence-corrected chi connectivity index (χ2v) is 7.12. The number of rotatable bonds is 2. The molecule has 1 saturated heterocycles. The summed E-state index contributed by atoms with van der Waals surface area (Å²) < 4.78 is 6.20. The molecule has 0 spiro atoms. The van der Waals surface area contributed by atoms with Crippen molar-refractivity contribution in [3.8, 4) is 11.8 Å². The lowest BCUT2D eigenvalue weighted by atomic mass is 10.0. The van der Waals surface area contributed by atoms with E-state index in [9.17, 15) is 4.79 Å². The van der Waals surface area contributed by atoms with E-state index in [0.29, 0.717) is 12.3 Å². The zero-order valence-electron chi connectivity index (χ0n) is 15.8. The number of furan rings is 1. The number of hydrogen-bond acceptors (Lipinski definition) is 2. The number of para-hydroxylation sites is 1. The molecule has 1 aliphatic rings. The van der Waals surface area contributed by atoms with Gasteiger partial charge in [-0.15, -0.1) is 0 Å². The number of hydrogen-bond donors (Lipinski definition) is 0. The highest BCUT2D eigenvalue weighted by atomic mass is 16.4. The van der Waals surface area contributed by atoms with Crippen molar-refractivity contribution in [2.75, 3.05) is 4.90 Å². The zero-order valence-corrected chi connectivity index (χ0v) is 15.8. The highest BCUT2D eigenvalue weighted by Crippen LogP contribution is 2.41. The summed E-state index contributed by atoms with van der Waals surface area (Å²) in [5, 5.41) is 0.928. The van der Waals surface area contributed by atoms with Crippen LogP contribution in [-0.4, -0.2) is 5.91 Å². The van der Waals surface area contributed by atoms with Gasteiger partial charge in [0, 0.05) is 17.4 Å². The van der Waals surface area contributed by atoms with Crippen LogP contribution in [0.1, 0.15) is 35.6 Å². The molecular formula is C26H19NO2. The Labute approximate surface area is 169 Å². The topological polar surface area (TPSA) is 33.5 Å². The SMILES string of the molecule is O=C1CCC(c2ccccc2)N1c1oc2ccccc2c1C#Cc1ccccc1. The van der Waals surface area contributed by atoms with E-state index < -0.39 is 0 Å². The Morgan fingerprint density at radius 3 is 2.31 bits per heavy atom. The van der Waals surface area contributed by atoms with Crippen LogP contribution in [0.15, 0.2) is 89.3 Å². The lowest BCUT2D eigenvalue weighted by Gasteiger charge is -2.23. The van der Waals surface area contributed by atoms with Crippen LogP contribution in [0, 0.1) is 11.8 Å². The molecule has 3 nitrogen and oxygen atoms in total. The monoisotopic (exact) mass is 377 g/mol. The average Bonchev–Trinajstić information content (AvgIpc) is 3.33. The maximum Gasteiger partial charge on any atom is 0.230 e. The lowest BCUT2D eigenvalue weighted by molar-refractivity contribution is -0.117. The molecule has 3 aromatic carbocycles. The molecule has 0 aliphatic carbocycles. The molecule has 3 heteroatoms. The molecule has 140 valence electrons. The molecular weight excluding hydrogens is 358 g/mol.